The van der Waals surface area contributed by atoms with Crippen molar-refractivity contribution >= 4 is 11.0 Å². The lowest BCUT2D eigenvalue weighted by Crippen LogP contribution is -2.28. The molecule has 1 aromatic heterocycles. The molecular weight excluding hydrogens is 216 g/mol. The Bertz CT molecular complexity index is 511. The Kier molecular flexibility index (Phi) is 2.83. The van der Waals surface area contributed by atoms with E-state index in [2.05, 4.69) is 20.5 Å². The van der Waals surface area contributed by atoms with Crippen LogP contribution >= 0.6 is 0 Å². The van der Waals surface area contributed by atoms with Crippen molar-refractivity contribution in [3.05, 3.63) is 24.3 Å². The fourth-order valence-corrected chi connectivity index (χ4v) is 2.00. The topological polar surface area (TPSA) is 59.9 Å². The van der Waals surface area contributed by atoms with Gasteiger partial charge in [-0.25, -0.2) is 0 Å². The molecule has 1 N–H and O–H groups in total. The van der Waals surface area contributed by atoms with Crippen LogP contribution in [0.4, 0.5) is 0 Å². The number of rotatable bonds is 3. The molecule has 1 unspecified atom stereocenters. The molecule has 0 saturated carbocycles. The Labute approximate surface area is 99.2 Å². The zero-order valence-corrected chi connectivity index (χ0v) is 9.47. The van der Waals surface area contributed by atoms with Crippen molar-refractivity contribution in [2.75, 3.05) is 13.2 Å². The van der Waals surface area contributed by atoms with Crippen LogP contribution in [0.25, 0.3) is 11.0 Å². The molecule has 0 spiro atoms. The molecule has 88 valence electrons. The van der Waals surface area contributed by atoms with E-state index in [1.54, 1.807) is 0 Å². The number of nitrogens with one attached hydrogen (secondary N) is 1. The highest BCUT2D eigenvalue weighted by Crippen LogP contribution is 2.11. The maximum Gasteiger partial charge on any atom is 0.336 e. The van der Waals surface area contributed by atoms with Crippen LogP contribution in [0, 0.1) is 0 Å². The zero-order valence-electron chi connectivity index (χ0n) is 9.47. The minimum Gasteiger partial charge on any atom is -0.461 e. The highest BCUT2D eigenvalue weighted by Gasteiger charge is 2.15. The van der Waals surface area contributed by atoms with Crippen molar-refractivity contribution in [3.8, 4) is 6.01 Å². The van der Waals surface area contributed by atoms with Crippen LogP contribution < -0.4 is 10.1 Å². The summed E-state index contributed by atoms with van der Waals surface area (Å²) >= 11 is 0. The van der Waals surface area contributed by atoms with E-state index in [-0.39, 0.29) is 0 Å². The summed E-state index contributed by atoms with van der Waals surface area (Å²) in [5.74, 6) is 0. The van der Waals surface area contributed by atoms with Crippen molar-refractivity contribution in [2.24, 2.45) is 0 Å². The first-order valence-electron chi connectivity index (χ1n) is 5.87. The fourth-order valence-electron chi connectivity index (χ4n) is 2.00. The smallest absolute Gasteiger partial charge is 0.336 e. The van der Waals surface area contributed by atoms with Gasteiger partial charge in [0.15, 0.2) is 0 Å². The molecule has 0 aliphatic carbocycles. The number of benzene rings is 1. The number of nitrogens with zero attached hydrogens (tertiary/aromatic N) is 3. The molecule has 1 fully saturated rings. The van der Waals surface area contributed by atoms with Crippen LogP contribution in [0.5, 0.6) is 6.01 Å². The molecular formula is C12H14N4O. The van der Waals surface area contributed by atoms with Gasteiger partial charge in [0.25, 0.3) is 0 Å². The fraction of sp³-hybridized carbons (Fsp3) is 0.417. The van der Waals surface area contributed by atoms with Gasteiger partial charge in [-0.05, 0) is 31.5 Å². The maximum absolute atomic E-state index is 5.55. The zero-order chi connectivity index (χ0) is 11.5. The van der Waals surface area contributed by atoms with Gasteiger partial charge in [0.2, 0.25) is 0 Å². The minimum atomic E-state index is 0.359. The van der Waals surface area contributed by atoms with E-state index in [0.717, 1.165) is 24.0 Å². The molecule has 1 aliphatic rings. The first kappa shape index (κ1) is 10.4. The molecule has 2 heterocycles. The van der Waals surface area contributed by atoms with Gasteiger partial charge in [0, 0.05) is 6.04 Å². The summed E-state index contributed by atoms with van der Waals surface area (Å²) in [4.78, 5) is 4.31. The van der Waals surface area contributed by atoms with E-state index in [4.69, 9.17) is 4.74 Å². The Morgan fingerprint density at radius 3 is 2.94 bits per heavy atom. The summed E-state index contributed by atoms with van der Waals surface area (Å²) < 4.78 is 5.55. The van der Waals surface area contributed by atoms with E-state index in [9.17, 15) is 0 Å². The van der Waals surface area contributed by atoms with Crippen molar-refractivity contribution in [3.63, 3.8) is 0 Å². The van der Waals surface area contributed by atoms with Gasteiger partial charge < -0.3 is 10.1 Å². The van der Waals surface area contributed by atoms with Crippen LogP contribution in [-0.2, 0) is 0 Å². The molecule has 1 atom stereocenters. The number of ether oxygens (including phenoxy) is 1. The second-order valence-corrected chi connectivity index (χ2v) is 4.19. The lowest BCUT2D eigenvalue weighted by molar-refractivity contribution is 0.255. The third kappa shape index (κ3) is 2.34. The van der Waals surface area contributed by atoms with Crippen LogP contribution in [0.3, 0.4) is 0 Å². The van der Waals surface area contributed by atoms with Crippen molar-refractivity contribution in [1.29, 1.82) is 0 Å². The number of hydrogen-bond donors (Lipinski definition) is 1. The summed E-state index contributed by atoms with van der Waals surface area (Å²) in [5, 5.41) is 11.4. The predicted molar refractivity (Wildman–Crippen MR) is 63.9 cm³/mol. The molecule has 0 amide bonds. The number of fused-ring (bicyclic) bond motifs is 1. The first-order chi connectivity index (χ1) is 8.42. The van der Waals surface area contributed by atoms with E-state index >= 15 is 0 Å². The molecule has 2 aromatic rings. The quantitative estimate of drug-likeness (QED) is 0.857. The average Bonchev–Trinajstić information content (AvgIpc) is 2.89. The summed E-state index contributed by atoms with van der Waals surface area (Å²) in [7, 11) is 0. The Morgan fingerprint density at radius 2 is 2.12 bits per heavy atom. The molecule has 0 radical (unpaired) electrons. The summed E-state index contributed by atoms with van der Waals surface area (Å²) in [6.07, 6.45) is 2.37. The van der Waals surface area contributed by atoms with Crippen molar-refractivity contribution in [1.82, 2.24) is 20.5 Å². The monoisotopic (exact) mass is 230 g/mol. The van der Waals surface area contributed by atoms with Crippen molar-refractivity contribution in [2.45, 2.75) is 18.9 Å². The molecule has 1 aromatic carbocycles. The van der Waals surface area contributed by atoms with E-state index in [1.807, 2.05) is 24.3 Å². The highest BCUT2D eigenvalue weighted by atomic mass is 16.5. The first-order valence-corrected chi connectivity index (χ1v) is 5.87. The third-order valence-electron chi connectivity index (χ3n) is 2.92. The van der Waals surface area contributed by atoms with Gasteiger partial charge in [-0.3, -0.25) is 0 Å². The van der Waals surface area contributed by atoms with E-state index < -0.39 is 0 Å². The van der Waals surface area contributed by atoms with Gasteiger partial charge in [0.05, 0.1) is 5.52 Å². The second kappa shape index (κ2) is 4.63. The van der Waals surface area contributed by atoms with Gasteiger partial charge in [-0.2, -0.15) is 4.98 Å². The molecule has 5 nitrogen and oxygen atoms in total. The lowest BCUT2D eigenvalue weighted by atomic mass is 10.2. The van der Waals surface area contributed by atoms with Gasteiger partial charge in [0.1, 0.15) is 12.1 Å². The van der Waals surface area contributed by atoms with Crippen molar-refractivity contribution < 1.29 is 4.74 Å². The van der Waals surface area contributed by atoms with Crippen LogP contribution in [0.15, 0.2) is 24.3 Å². The number of aromatic nitrogens is 3. The minimum absolute atomic E-state index is 0.359. The lowest BCUT2D eigenvalue weighted by Gasteiger charge is -2.10. The van der Waals surface area contributed by atoms with Crippen LogP contribution in [0.2, 0.25) is 0 Å². The van der Waals surface area contributed by atoms with Crippen LogP contribution in [-0.4, -0.2) is 34.4 Å². The van der Waals surface area contributed by atoms with Gasteiger partial charge >= 0.3 is 6.01 Å². The summed E-state index contributed by atoms with van der Waals surface area (Å²) in [6.45, 7) is 1.69. The molecule has 5 heteroatoms. The molecule has 3 rings (SSSR count). The summed E-state index contributed by atoms with van der Waals surface area (Å²) in [5.41, 5.74) is 1.61. The average molecular weight is 230 g/mol. The maximum atomic E-state index is 5.55. The van der Waals surface area contributed by atoms with E-state index in [0.29, 0.717) is 18.7 Å². The largest absolute Gasteiger partial charge is 0.461 e. The third-order valence-corrected chi connectivity index (χ3v) is 2.92. The second-order valence-electron chi connectivity index (χ2n) is 4.19. The Morgan fingerprint density at radius 1 is 1.24 bits per heavy atom. The Hall–Kier alpha value is -1.75. The predicted octanol–water partition coefficient (Wildman–Crippen LogP) is 1.16. The van der Waals surface area contributed by atoms with E-state index in [1.165, 1.54) is 6.42 Å². The normalized spacial score (nSPS) is 19.6. The SMILES string of the molecule is c1ccc2nc(OCC3CCCN3)nnc2c1. The van der Waals surface area contributed by atoms with Gasteiger partial charge in [-0.1, -0.05) is 17.2 Å². The molecule has 0 bridgehead atoms. The Balaban J connectivity index is 1.72. The number of hydrogen-bond acceptors (Lipinski definition) is 5. The highest BCUT2D eigenvalue weighted by molar-refractivity contribution is 5.73. The molecule has 1 saturated heterocycles. The van der Waals surface area contributed by atoms with Crippen LogP contribution in [0.1, 0.15) is 12.8 Å². The molecule has 17 heavy (non-hydrogen) atoms. The standard InChI is InChI=1S/C12H14N4O/c1-2-6-11-10(5-1)14-12(16-15-11)17-8-9-4-3-7-13-9/h1-2,5-6,9,13H,3-4,7-8H2. The molecule has 1 aliphatic heterocycles. The number of para-hydroxylation sites is 1. The van der Waals surface area contributed by atoms with Gasteiger partial charge in [-0.15, -0.1) is 5.10 Å². The summed E-state index contributed by atoms with van der Waals surface area (Å²) in [6, 6.07) is 8.42.